The first kappa shape index (κ1) is 24.3. The van der Waals surface area contributed by atoms with Gasteiger partial charge in [-0.15, -0.1) is 0 Å². The van der Waals surface area contributed by atoms with Crippen molar-refractivity contribution >= 4 is 23.3 Å². The van der Waals surface area contributed by atoms with Gasteiger partial charge in [-0.25, -0.2) is 18.7 Å². The molecule has 2 saturated heterocycles. The Hall–Kier alpha value is -4.09. The molecule has 5 heterocycles. The normalized spacial score (nSPS) is 19.3. The third-order valence-electron chi connectivity index (χ3n) is 7.52. The summed E-state index contributed by atoms with van der Waals surface area (Å²) >= 11 is 0. The van der Waals surface area contributed by atoms with Crippen LogP contribution in [0.5, 0.6) is 5.75 Å². The Morgan fingerprint density at radius 3 is 2.71 bits per heavy atom. The van der Waals surface area contributed by atoms with Crippen molar-refractivity contribution in [3.05, 3.63) is 53.6 Å². The van der Waals surface area contributed by atoms with Crippen LogP contribution >= 0.6 is 0 Å². The molecule has 0 aliphatic carbocycles. The zero-order valence-electron chi connectivity index (χ0n) is 21.5. The fourth-order valence-corrected chi connectivity index (χ4v) is 5.35. The number of aromatic nitrogens is 3. The maximum absolute atomic E-state index is 13.9. The number of methoxy groups -OCH3 is 1. The molecule has 0 saturated carbocycles. The Morgan fingerprint density at radius 2 is 1.95 bits per heavy atom. The lowest BCUT2D eigenvalue weighted by atomic mass is 10.0. The van der Waals surface area contributed by atoms with Gasteiger partial charge in [-0.2, -0.15) is 5.10 Å². The molecule has 6 rings (SSSR count). The van der Waals surface area contributed by atoms with Crippen molar-refractivity contribution < 1.29 is 18.8 Å². The van der Waals surface area contributed by atoms with Crippen LogP contribution in [0.25, 0.3) is 5.65 Å². The molecular weight excluding hydrogens is 491 g/mol. The zero-order valence-corrected chi connectivity index (χ0v) is 21.5. The fraction of sp³-hybridized carbons (Fsp3) is 0.462. The molecule has 2 amide bonds. The van der Waals surface area contributed by atoms with Gasteiger partial charge in [-0.1, -0.05) is 5.16 Å². The molecule has 2 aromatic heterocycles. The number of piperidine rings is 1. The number of rotatable bonds is 5. The Kier molecular flexibility index (Phi) is 6.16. The summed E-state index contributed by atoms with van der Waals surface area (Å²) in [6.45, 7) is 4.81. The van der Waals surface area contributed by atoms with Crippen molar-refractivity contribution in [3.63, 3.8) is 0 Å². The first-order chi connectivity index (χ1) is 18.4. The van der Waals surface area contributed by atoms with Crippen molar-refractivity contribution in [3.8, 4) is 5.75 Å². The molecule has 2 N–H and O–H groups in total. The second-order valence-electron chi connectivity index (χ2n) is 10.0. The fourth-order valence-electron chi connectivity index (χ4n) is 5.35. The minimum Gasteiger partial charge on any atom is -0.496 e. The maximum atomic E-state index is 13.9. The van der Waals surface area contributed by atoms with E-state index in [0.29, 0.717) is 60.1 Å². The molecule has 3 aromatic rings. The number of likely N-dealkylation sites (tertiary alicyclic amines) is 2. The summed E-state index contributed by atoms with van der Waals surface area (Å²) in [7, 11) is 1.56. The van der Waals surface area contributed by atoms with E-state index in [2.05, 4.69) is 20.9 Å². The van der Waals surface area contributed by atoms with Crippen LogP contribution in [-0.4, -0.2) is 75.3 Å². The zero-order chi connectivity index (χ0) is 26.3. The highest BCUT2D eigenvalue weighted by Crippen LogP contribution is 2.31. The molecule has 0 radical (unpaired) electrons. The van der Waals surface area contributed by atoms with Crippen molar-refractivity contribution in [2.75, 3.05) is 38.6 Å². The largest absolute Gasteiger partial charge is 0.496 e. The van der Waals surface area contributed by atoms with Gasteiger partial charge in [0.15, 0.2) is 11.5 Å². The Morgan fingerprint density at radius 1 is 1.18 bits per heavy atom. The number of urea groups is 1. The van der Waals surface area contributed by atoms with Crippen LogP contribution < -0.4 is 15.4 Å². The Labute approximate surface area is 219 Å². The predicted molar refractivity (Wildman–Crippen MR) is 138 cm³/mol. The van der Waals surface area contributed by atoms with E-state index in [1.165, 1.54) is 12.1 Å². The first-order valence-corrected chi connectivity index (χ1v) is 13.0. The lowest BCUT2D eigenvalue weighted by molar-refractivity contribution is -0.0701. The van der Waals surface area contributed by atoms with Gasteiger partial charge in [0.25, 0.3) is 0 Å². The highest BCUT2D eigenvalue weighted by Gasteiger charge is 2.44. The van der Waals surface area contributed by atoms with Gasteiger partial charge < -0.3 is 30.0 Å². The number of fused-ring (bicyclic) bond motifs is 1. The number of hydrogen-bond donors (Lipinski definition) is 2. The van der Waals surface area contributed by atoms with Crippen LogP contribution in [0, 0.1) is 5.82 Å². The summed E-state index contributed by atoms with van der Waals surface area (Å²) in [6.07, 6.45) is 6.92. The number of anilines is 1. The SMILES string of the molecule is COc1ccc(F)cc1C(C)Nc1ccn2ncc(C3=NOC4(CCN(C(=O)N5CCCC5)CC4)N3)c2n1. The lowest BCUT2D eigenvalue weighted by Gasteiger charge is -2.38. The van der Waals surface area contributed by atoms with Crippen molar-refractivity contribution in [1.82, 2.24) is 29.7 Å². The standard InChI is InChI=1S/C26H31FN8O3/c1-17(19-15-18(27)5-6-21(19)37-2)29-22-7-12-35-24(30-22)20(16-28-35)23-31-26(38-32-23)8-13-34(14-9-26)25(36)33-10-3-4-11-33/h5-7,12,15-17H,3-4,8-11,13-14H2,1-2H3,(H,29,30)(H,31,32). The molecule has 1 atom stereocenters. The van der Waals surface area contributed by atoms with Gasteiger partial charge in [-0.05, 0) is 44.0 Å². The number of amides is 2. The van der Waals surface area contributed by atoms with Crippen LogP contribution in [-0.2, 0) is 4.84 Å². The molecule has 1 aromatic carbocycles. The number of oxime groups is 1. The molecule has 3 aliphatic rings. The summed E-state index contributed by atoms with van der Waals surface area (Å²) < 4.78 is 21.0. The average molecular weight is 523 g/mol. The maximum Gasteiger partial charge on any atom is 0.320 e. The molecule has 2 fully saturated rings. The summed E-state index contributed by atoms with van der Waals surface area (Å²) in [6, 6.07) is 6.11. The number of carbonyl (C=O) groups excluding carboxylic acids is 1. The predicted octanol–water partition coefficient (Wildman–Crippen LogP) is 3.34. The molecule has 11 nitrogen and oxygen atoms in total. The van der Waals surface area contributed by atoms with Crippen LogP contribution in [0.15, 0.2) is 41.8 Å². The van der Waals surface area contributed by atoms with Crippen LogP contribution in [0.4, 0.5) is 15.0 Å². The smallest absolute Gasteiger partial charge is 0.320 e. The second-order valence-corrected chi connectivity index (χ2v) is 10.0. The third kappa shape index (κ3) is 4.44. The van der Waals surface area contributed by atoms with E-state index in [1.807, 2.05) is 16.7 Å². The molecule has 12 heteroatoms. The summed E-state index contributed by atoms with van der Waals surface area (Å²) in [5.74, 6) is 1.42. The monoisotopic (exact) mass is 522 g/mol. The van der Waals surface area contributed by atoms with Crippen molar-refractivity contribution in [1.29, 1.82) is 0 Å². The van der Waals surface area contributed by atoms with Crippen LogP contribution in [0.1, 0.15) is 49.8 Å². The van der Waals surface area contributed by atoms with E-state index >= 15 is 0 Å². The minimum atomic E-state index is -0.649. The number of amidine groups is 1. The molecule has 3 aliphatic heterocycles. The number of benzene rings is 1. The highest BCUT2D eigenvalue weighted by atomic mass is 19.1. The summed E-state index contributed by atoms with van der Waals surface area (Å²) in [4.78, 5) is 27.3. The van der Waals surface area contributed by atoms with Gasteiger partial charge in [0.1, 0.15) is 17.4 Å². The van der Waals surface area contributed by atoms with Gasteiger partial charge in [-0.3, -0.25) is 0 Å². The number of ether oxygens (including phenoxy) is 1. The average Bonchev–Trinajstić information content (AvgIpc) is 3.69. The van der Waals surface area contributed by atoms with Gasteiger partial charge in [0, 0.05) is 50.8 Å². The van der Waals surface area contributed by atoms with Gasteiger partial charge >= 0.3 is 6.03 Å². The Bertz CT molecular complexity index is 1380. The molecule has 1 unspecified atom stereocenters. The van der Waals surface area contributed by atoms with Crippen LogP contribution in [0.2, 0.25) is 0 Å². The third-order valence-corrected chi connectivity index (χ3v) is 7.52. The van der Waals surface area contributed by atoms with Gasteiger partial charge in [0.2, 0.25) is 5.72 Å². The van der Waals surface area contributed by atoms with E-state index in [1.54, 1.807) is 36.2 Å². The summed E-state index contributed by atoms with van der Waals surface area (Å²) in [5.41, 5.74) is 1.35. The minimum absolute atomic E-state index is 0.119. The van der Waals surface area contributed by atoms with E-state index in [-0.39, 0.29) is 17.9 Å². The molecule has 38 heavy (non-hydrogen) atoms. The quantitative estimate of drug-likeness (QED) is 0.529. The van der Waals surface area contributed by atoms with E-state index in [9.17, 15) is 9.18 Å². The van der Waals surface area contributed by atoms with Crippen molar-refractivity contribution in [2.24, 2.45) is 5.16 Å². The molecule has 200 valence electrons. The summed E-state index contributed by atoms with van der Waals surface area (Å²) in [5, 5.41) is 15.5. The first-order valence-electron chi connectivity index (χ1n) is 13.0. The highest BCUT2D eigenvalue weighted by molar-refractivity contribution is 6.04. The van der Waals surface area contributed by atoms with E-state index in [0.717, 1.165) is 25.9 Å². The topological polar surface area (TPSA) is 109 Å². The molecular formula is C26H31FN8O3. The lowest BCUT2D eigenvalue weighted by Crippen LogP contribution is -2.56. The molecule has 1 spiro atoms. The number of halogens is 1. The second kappa shape index (κ2) is 9.66. The molecule has 0 bridgehead atoms. The van der Waals surface area contributed by atoms with Gasteiger partial charge in [0.05, 0.1) is 24.9 Å². The Balaban J connectivity index is 1.15. The van der Waals surface area contributed by atoms with E-state index in [4.69, 9.17) is 14.6 Å². The number of nitrogens with zero attached hydrogens (tertiary/aromatic N) is 6. The number of carbonyl (C=O) groups is 1. The number of hydrogen-bond acceptors (Lipinski definition) is 8. The van der Waals surface area contributed by atoms with E-state index < -0.39 is 5.72 Å². The van der Waals surface area contributed by atoms with Crippen LogP contribution in [0.3, 0.4) is 0 Å². The van der Waals surface area contributed by atoms with Crippen molar-refractivity contribution in [2.45, 2.75) is 44.4 Å². The number of nitrogens with one attached hydrogen (secondary N) is 2.